The van der Waals surface area contributed by atoms with Crippen LogP contribution in [-0.2, 0) is 32.3 Å². The van der Waals surface area contributed by atoms with Gasteiger partial charge in [0, 0.05) is 42.5 Å². The lowest BCUT2D eigenvalue weighted by atomic mass is 9.51. The molecule has 2 aliphatic heterocycles. The lowest BCUT2D eigenvalue weighted by Gasteiger charge is -2.60. The van der Waals surface area contributed by atoms with E-state index in [0.29, 0.717) is 36.6 Å². The molecule has 2 aromatic carbocycles. The molecular formula is C32H31F3N2O5. The fourth-order valence-electron chi connectivity index (χ4n) is 7.76. The van der Waals surface area contributed by atoms with Gasteiger partial charge in [0.05, 0.1) is 18.2 Å². The summed E-state index contributed by atoms with van der Waals surface area (Å²) in [5.41, 5.74) is 1.26. The van der Waals surface area contributed by atoms with Crippen molar-refractivity contribution in [2.75, 3.05) is 20.1 Å². The van der Waals surface area contributed by atoms with Crippen LogP contribution in [0.15, 0.2) is 48.7 Å². The SMILES string of the molecule is C=C(CN1CC[C@]23c4c5ccc(O)c4O[C@H]2[C@H](N(C)C(=O)C#Cc2ccc(C(F)(F)F)cc2)CC[C@H]3[C@H]1C5)OC(C)=O. The molecule has 0 radical (unpaired) electrons. The molecule has 2 heterocycles. The number of ether oxygens (including phenoxy) is 2. The summed E-state index contributed by atoms with van der Waals surface area (Å²) in [4.78, 5) is 28.7. The first-order valence-electron chi connectivity index (χ1n) is 14.0. The molecular weight excluding hydrogens is 549 g/mol. The van der Waals surface area contributed by atoms with Crippen molar-refractivity contribution in [3.05, 3.63) is 71.0 Å². The Balaban J connectivity index is 1.28. The van der Waals surface area contributed by atoms with Crippen LogP contribution in [0.5, 0.6) is 11.5 Å². The van der Waals surface area contributed by atoms with Crippen LogP contribution in [0.25, 0.3) is 0 Å². The average molecular weight is 581 g/mol. The second kappa shape index (κ2) is 10.1. The average Bonchev–Trinajstić information content (AvgIpc) is 3.28. The van der Waals surface area contributed by atoms with Gasteiger partial charge in [0.25, 0.3) is 5.91 Å². The standard InChI is InChI=1S/C32H31F3N2O5/c1-18(41-19(2)38)17-37-15-14-31-23-10-11-24(30(31)42-29-26(39)12-7-21(28(29)31)16-25(23)37)36(3)27(40)13-6-20-4-8-22(9-5-20)32(33,34)35/h4-5,7-9,12,23-25,30,39H,1,10-11,14-17H2,2-3H3/t23-,24+,25+,30-,31-/m0/s1. The Kier molecular flexibility index (Phi) is 6.76. The van der Waals surface area contributed by atoms with E-state index in [1.165, 1.54) is 19.1 Å². The Morgan fingerprint density at radius 1 is 1.21 bits per heavy atom. The van der Waals surface area contributed by atoms with Crippen molar-refractivity contribution in [3.63, 3.8) is 0 Å². The topological polar surface area (TPSA) is 79.3 Å². The summed E-state index contributed by atoms with van der Waals surface area (Å²) < 4.78 is 50.5. The number of nitrogens with zero attached hydrogens (tertiary/aromatic N) is 2. The van der Waals surface area contributed by atoms with Gasteiger partial charge < -0.3 is 19.5 Å². The van der Waals surface area contributed by atoms with E-state index in [1.54, 1.807) is 18.0 Å². The summed E-state index contributed by atoms with van der Waals surface area (Å²) in [5, 5.41) is 10.8. The van der Waals surface area contributed by atoms with Gasteiger partial charge in [-0.15, -0.1) is 0 Å². The van der Waals surface area contributed by atoms with Crippen molar-refractivity contribution in [1.82, 2.24) is 9.80 Å². The van der Waals surface area contributed by atoms with E-state index in [0.717, 1.165) is 42.5 Å². The van der Waals surface area contributed by atoms with Crippen molar-refractivity contribution in [1.29, 1.82) is 0 Å². The lowest BCUT2D eigenvalue weighted by molar-refractivity contribution is -0.139. The van der Waals surface area contributed by atoms with Gasteiger partial charge in [-0.05, 0) is 74.0 Å². The summed E-state index contributed by atoms with van der Waals surface area (Å²) in [6.07, 6.45) is -1.90. The van der Waals surface area contributed by atoms with Crippen molar-refractivity contribution >= 4 is 11.9 Å². The number of hydrogen-bond acceptors (Lipinski definition) is 6. The van der Waals surface area contributed by atoms with Gasteiger partial charge in [-0.2, -0.15) is 13.2 Å². The van der Waals surface area contributed by atoms with Crippen molar-refractivity contribution in [2.24, 2.45) is 5.92 Å². The number of rotatable bonds is 4. The fourth-order valence-corrected chi connectivity index (χ4v) is 7.76. The maximum Gasteiger partial charge on any atom is 0.416 e. The fraction of sp³-hybridized carbons (Fsp3) is 0.438. The Morgan fingerprint density at radius 3 is 2.64 bits per heavy atom. The van der Waals surface area contributed by atoms with Gasteiger partial charge in [-0.1, -0.05) is 18.6 Å². The quantitative estimate of drug-likeness (QED) is 0.328. The molecule has 2 bridgehead atoms. The van der Waals surface area contributed by atoms with Crippen LogP contribution >= 0.6 is 0 Å². The molecule has 220 valence electrons. The molecule has 1 amide bonds. The molecule has 42 heavy (non-hydrogen) atoms. The molecule has 0 unspecified atom stereocenters. The number of phenols is 1. The molecule has 5 atom stereocenters. The van der Waals surface area contributed by atoms with E-state index in [4.69, 9.17) is 9.47 Å². The number of benzene rings is 2. The number of halogens is 3. The number of carbonyl (C=O) groups excluding carboxylic acids is 2. The van der Waals surface area contributed by atoms with Crippen molar-refractivity contribution in [2.45, 2.75) is 62.4 Å². The molecule has 1 saturated carbocycles. The minimum absolute atomic E-state index is 0.0789. The molecule has 1 N–H and O–H groups in total. The highest BCUT2D eigenvalue weighted by molar-refractivity contribution is 5.94. The summed E-state index contributed by atoms with van der Waals surface area (Å²) in [6, 6.07) is 7.81. The maximum atomic E-state index is 13.3. The monoisotopic (exact) mass is 580 g/mol. The van der Waals surface area contributed by atoms with Crippen LogP contribution in [0.1, 0.15) is 48.4 Å². The maximum absolute atomic E-state index is 13.3. The smallest absolute Gasteiger partial charge is 0.416 e. The van der Waals surface area contributed by atoms with Crippen molar-refractivity contribution < 1.29 is 37.3 Å². The number of piperidine rings is 1. The number of hydrogen-bond donors (Lipinski definition) is 1. The summed E-state index contributed by atoms with van der Waals surface area (Å²) in [5.74, 6) is 5.59. The van der Waals surface area contributed by atoms with Crippen LogP contribution in [0.3, 0.4) is 0 Å². The molecule has 2 aliphatic carbocycles. The molecule has 4 aliphatic rings. The molecule has 2 aromatic rings. The van der Waals surface area contributed by atoms with E-state index < -0.39 is 35.1 Å². The summed E-state index contributed by atoms with van der Waals surface area (Å²) >= 11 is 0. The normalized spacial score (nSPS) is 27.2. The molecule has 6 rings (SSSR count). The van der Waals surface area contributed by atoms with E-state index in [2.05, 4.69) is 23.3 Å². The molecule has 7 nitrogen and oxygen atoms in total. The van der Waals surface area contributed by atoms with Crippen LogP contribution in [0.4, 0.5) is 13.2 Å². The van der Waals surface area contributed by atoms with Gasteiger partial charge in [0.15, 0.2) is 11.5 Å². The number of phenolic OH excluding ortho intramolecular Hbond substituents is 1. The number of esters is 1. The van der Waals surface area contributed by atoms with Crippen molar-refractivity contribution in [3.8, 4) is 23.3 Å². The first-order chi connectivity index (χ1) is 19.9. The zero-order valence-corrected chi connectivity index (χ0v) is 23.3. The van der Waals surface area contributed by atoms with Gasteiger partial charge >= 0.3 is 12.1 Å². The predicted octanol–water partition coefficient (Wildman–Crippen LogP) is 4.41. The molecule has 1 spiro atoms. The molecule has 1 saturated heterocycles. The predicted molar refractivity (Wildman–Crippen MR) is 146 cm³/mol. The highest BCUT2D eigenvalue weighted by atomic mass is 19.4. The van der Waals surface area contributed by atoms with Crippen LogP contribution in [0.2, 0.25) is 0 Å². The number of amides is 1. The first kappa shape index (κ1) is 28.2. The third-order valence-electron chi connectivity index (χ3n) is 9.41. The molecule has 2 fully saturated rings. The Morgan fingerprint density at radius 2 is 1.95 bits per heavy atom. The van der Waals surface area contributed by atoms with E-state index in [1.807, 2.05) is 6.07 Å². The van der Waals surface area contributed by atoms with Crippen LogP contribution in [0, 0.1) is 17.8 Å². The van der Waals surface area contributed by atoms with Gasteiger partial charge in [-0.3, -0.25) is 14.5 Å². The van der Waals surface area contributed by atoms with Gasteiger partial charge in [0.1, 0.15) is 11.9 Å². The summed E-state index contributed by atoms with van der Waals surface area (Å²) in [6.45, 7) is 6.43. The Bertz CT molecular complexity index is 1530. The van der Waals surface area contributed by atoms with Crippen LogP contribution < -0.4 is 4.74 Å². The second-order valence-corrected chi connectivity index (χ2v) is 11.6. The van der Waals surface area contributed by atoms with E-state index in [9.17, 15) is 27.9 Å². The third kappa shape index (κ3) is 4.51. The highest BCUT2D eigenvalue weighted by Gasteiger charge is 2.66. The van der Waals surface area contributed by atoms with Crippen LogP contribution in [-0.4, -0.2) is 65.1 Å². The lowest BCUT2D eigenvalue weighted by Crippen LogP contribution is -2.69. The van der Waals surface area contributed by atoms with Gasteiger partial charge in [-0.25, -0.2) is 0 Å². The Hall–Kier alpha value is -3.97. The number of likely N-dealkylation sites (N-methyl/N-ethyl adjacent to an activating group) is 1. The minimum atomic E-state index is -4.45. The second-order valence-electron chi connectivity index (χ2n) is 11.6. The largest absolute Gasteiger partial charge is 0.504 e. The van der Waals surface area contributed by atoms with E-state index in [-0.39, 0.29) is 23.8 Å². The minimum Gasteiger partial charge on any atom is -0.504 e. The number of aromatic hydroxyl groups is 1. The summed E-state index contributed by atoms with van der Waals surface area (Å²) in [7, 11) is 1.68. The zero-order chi connectivity index (χ0) is 30.0. The zero-order valence-electron chi connectivity index (χ0n) is 23.3. The third-order valence-corrected chi connectivity index (χ3v) is 9.41. The molecule has 0 aromatic heterocycles. The number of alkyl halides is 3. The molecule has 10 heteroatoms. The number of likely N-dealkylation sites (tertiary alicyclic amines) is 1. The number of carbonyl (C=O) groups is 2. The van der Waals surface area contributed by atoms with Gasteiger partial charge in [0.2, 0.25) is 0 Å². The highest BCUT2D eigenvalue weighted by Crippen LogP contribution is 2.64. The first-order valence-corrected chi connectivity index (χ1v) is 14.0. The van der Waals surface area contributed by atoms with E-state index >= 15 is 0 Å². The Labute approximate surface area is 241 Å².